The number of carbonyl (C=O) groups excluding carboxylic acids is 3. The number of alkyl carbamates (subject to hydrolysis) is 1. The molecule has 1 amide bonds. The molecular formula is C16H29FN2O5. The number of halogens is 1. The molecule has 0 heterocycles. The van der Waals surface area contributed by atoms with Crippen molar-refractivity contribution in [2.75, 3.05) is 6.54 Å². The van der Waals surface area contributed by atoms with Crippen molar-refractivity contribution in [3.05, 3.63) is 0 Å². The fraction of sp³-hybridized carbons (Fsp3) is 0.812. The molecule has 0 bridgehead atoms. The second kappa shape index (κ2) is 8.41. The van der Waals surface area contributed by atoms with Crippen LogP contribution in [-0.2, 0) is 19.1 Å². The van der Waals surface area contributed by atoms with E-state index < -0.39 is 34.8 Å². The van der Waals surface area contributed by atoms with Crippen molar-refractivity contribution in [1.29, 1.82) is 0 Å². The fourth-order valence-corrected chi connectivity index (χ4v) is 1.82. The summed E-state index contributed by atoms with van der Waals surface area (Å²) in [5.74, 6) is -1.16. The summed E-state index contributed by atoms with van der Waals surface area (Å²) in [7, 11) is 0. The van der Waals surface area contributed by atoms with E-state index in [-0.39, 0.29) is 12.8 Å². The Morgan fingerprint density at radius 1 is 0.958 bits per heavy atom. The first-order valence-electron chi connectivity index (χ1n) is 7.88. The van der Waals surface area contributed by atoms with E-state index in [1.165, 1.54) is 0 Å². The molecule has 7 nitrogen and oxygen atoms in total. The number of nitrogens with one attached hydrogen (secondary N) is 1. The van der Waals surface area contributed by atoms with Gasteiger partial charge >= 0.3 is 18.1 Å². The number of amides is 1. The maximum Gasteiger partial charge on any atom is 0.409 e. The smallest absolute Gasteiger partial charge is 0.409 e. The number of esters is 1. The molecule has 0 fully saturated rings. The molecular weight excluding hydrogens is 319 g/mol. The summed E-state index contributed by atoms with van der Waals surface area (Å²) in [5, 5.41) is 2.07. The maximum absolute atomic E-state index is 13.8. The van der Waals surface area contributed by atoms with Crippen molar-refractivity contribution in [3.8, 4) is 0 Å². The van der Waals surface area contributed by atoms with Gasteiger partial charge in [0, 0.05) is 0 Å². The molecule has 140 valence electrons. The van der Waals surface area contributed by atoms with Crippen LogP contribution in [0.1, 0.15) is 60.8 Å². The van der Waals surface area contributed by atoms with Crippen LogP contribution in [0.25, 0.3) is 0 Å². The molecule has 0 aromatic rings. The van der Waals surface area contributed by atoms with E-state index in [2.05, 4.69) is 5.32 Å². The first kappa shape index (κ1) is 22.3. The summed E-state index contributed by atoms with van der Waals surface area (Å²) >= 11 is 0. The van der Waals surface area contributed by atoms with Crippen molar-refractivity contribution < 1.29 is 28.2 Å². The summed E-state index contributed by atoms with van der Waals surface area (Å²) in [6.07, 6.45) is -0.644. The SMILES string of the molecule is CC(C)(C)OC(=O)N[C@](CCCCN)(C(=O)F)C(=O)OC(C)(C)C. The van der Waals surface area contributed by atoms with Gasteiger partial charge in [0.25, 0.3) is 0 Å². The molecule has 0 aromatic heterocycles. The first-order valence-corrected chi connectivity index (χ1v) is 7.88. The molecule has 0 saturated heterocycles. The van der Waals surface area contributed by atoms with Gasteiger partial charge in [-0.05, 0) is 67.3 Å². The summed E-state index contributed by atoms with van der Waals surface area (Å²) < 4.78 is 24.0. The largest absolute Gasteiger partial charge is 0.458 e. The Morgan fingerprint density at radius 2 is 1.46 bits per heavy atom. The summed E-state index contributed by atoms with van der Waals surface area (Å²) in [6.45, 7) is 9.84. The number of hydrogen-bond donors (Lipinski definition) is 2. The Labute approximate surface area is 142 Å². The molecule has 0 radical (unpaired) electrons. The van der Waals surface area contributed by atoms with Crippen molar-refractivity contribution in [1.82, 2.24) is 5.32 Å². The van der Waals surface area contributed by atoms with Gasteiger partial charge in [0.05, 0.1) is 0 Å². The normalized spacial score (nSPS) is 14.5. The Kier molecular flexibility index (Phi) is 7.82. The molecule has 0 aliphatic carbocycles. The summed E-state index contributed by atoms with van der Waals surface area (Å²) in [6, 6.07) is -2.00. The van der Waals surface area contributed by atoms with Gasteiger partial charge in [-0.15, -0.1) is 0 Å². The monoisotopic (exact) mass is 348 g/mol. The van der Waals surface area contributed by atoms with Crippen LogP contribution < -0.4 is 11.1 Å². The predicted octanol–water partition coefficient (Wildman–Crippen LogP) is 2.22. The second-order valence-corrected chi connectivity index (χ2v) is 7.55. The average molecular weight is 348 g/mol. The highest BCUT2D eigenvalue weighted by Gasteiger charge is 2.51. The topological polar surface area (TPSA) is 108 Å². The van der Waals surface area contributed by atoms with Crippen molar-refractivity contribution in [2.45, 2.75) is 77.5 Å². The van der Waals surface area contributed by atoms with E-state index in [1.807, 2.05) is 0 Å². The van der Waals surface area contributed by atoms with Crippen LogP contribution in [0, 0.1) is 0 Å². The molecule has 0 rings (SSSR count). The molecule has 24 heavy (non-hydrogen) atoms. The lowest BCUT2D eigenvalue weighted by atomic mass is 9.92. The van der Waals surface area contributed by atoms with Crippen LogP contribution in [0.2, 0.25) is 0 Å². The lowest BCUT2D eigenvalue weighted by Crippen LogP contribution is -2.61. The third-order valence-electron chi connectivity index (χ3n) is 2.80. The number of hydrogen-bond acceptors (Lipinski definition) is 6. The van der Waals surface area contributed by atoms with E-state index in [0.29, 0.717) is 13.0 Å². The van der Waals surface area contributed by atoms with E-state index in [4.69, 9.17) is 15.2 Å². The number of unbranched alkanes of at least 4 members (excludes halogenated alkanes) is 1. The molecule has 0 spiro atoms. The van der Waals surface area contributed by atoms with E-state index >= 15 is 0 Å². The van der Waals surface area contributed by atoms with E-state index in [1.54, 1.807) is 41.5 Å². The predicted molar refractivity (Wildman–Crippen MR) is 87.0 cm³/mol. The van der Waals surface area contributed by atoms with Gasteiger partial charge in [0.2, 0.25) is 5.54 Å². The molecule has 0 saturated carbocycles. The fourth-order valence-electron chi connectivity index (χ4n) is 1.82. The zero-order valence-corrected chi connectivity index (χ0v) is 15.3. The lowest BCUT2D eigenvalue weighted by molar-refractivity contribution is -0.169. The summed E-state index contributed by atoms with van der Waals surface area (Å²) in [4.78, 5) is 36.0. The van der Waals surface area contributed by atoms with Gasteiger partial charge in [0.1, 0.15) is 11.2 Å². The van der Waals surface area contributed by atoms with E-state index in [0.717, 1.165) is 0 Å². The lowest BCUT2D eigenvalue weighted by Gasteiger charge is -2.32. The highest BCUT2D eigenvalue weighted by atomic mass is 19.1. The molecule has 8 heteroatoms. The molecule has 0 aliphatic rings. The van der Waals surface area contributed by atoms with Gasteiger partial charge in [0.15, 0.2) is 0 Å². The number of rotatable bonds is 7. The van der Waals surface area contributed by atoms with Gasteiger partial charge in [-0.1, -0.05) is 0 Å². The Hall–Kier alpha value is -1.70. The zero-order chi connectivity index (χ0) is 19.2. The number of nitrogens with two attached hydrogens (primary N) is 1. The second-order valence-electron chi connectivity index (χ2n) is 7.55. The number of carbonyl (C=O) groups is 3. The van der Waals surface area contributed by atoms with Crippen LogP contribution in [0.3, 0.4) is 0 Å². The third kappa shape index (κ3) is 7.72. The van der Waals surface area contributed by atoms with Crippen LogP contribution in [0.15, 0.2) is 0 Å². The highest BCUT2D eigenvalue weighted by Crippen LogP contribution is 2.23. The van der Waals surface area contributed by atoms with Gasteiger partial charge in [-0.2, -0.15) is 4.39 Å². The highest BCUT2D eigenvalue weighted by molar-refractivity contribution is 6.07. The average Bonchev–Trinajstić information content (AvgIpc) is 2.32. The minimum atomic E-state index is -2.44. The molecule has 0 aliphatic heterocycles. The summed E-state index contributed by atoms with van der Waals surface area (Å²) in [5.41, 5.74) is 1.12. The molecule has 0 aromatic carbocycles. The van der Waals surface area contributed by atoms with Gasteiger partial charge < -0.3 is 15.2 Å². The van der Waals surface area contributed by atoms with E-state index in [9.17, 15) is 18.8 Å². The van der Waals surface area contributed by atoms with Crippen molar-refractivity contribution in [2.24, 2.45) is 5.73 Å². The van der Waals surface area contributed by atoms with Crippen LogP contribution in [0.4, 0.5) is 9.18 Å². The minimum absolute atomic E-state index is 0.251. The molecule has 3 N–H and O–H groups in total. The third-order valence-corrected chi connectivity index (χ3v) is 2.80. The van der Waals surface area contributed by atoms with Gasteiger partial charge in [-0.3, -0.25) is 10.1 Å². The minimum Gasteiger partial charge on any atom is -0.458 e. The maximum atomic E-state index is 13.8. The van der Waals surface area contributed by atoms with Gasteiger partial charge in [-0.25, -0.2) is 9.59 Å². The van der Waals surface area contributed by atoms with Crippen LogP contribution in [0.5, 0.6) is 0 Å². The number of ether oxygens (including phenoxy) is 2. The zero-order valence-electron chi connectivity index (χ0n) is 15.3. The van der Waals surface area contributed by atoms with Crippen LogP contribution in [-0.4, -0.2) is 41.4 Å². The molecule has 1 atom stereocenters. The van der Waals surface area contributed by atoms with Crippen molar-refractivity contribution in [3.63, 3.8) is 0 Å². The Bertz CT molecular complexity index is 468. The Balaban J connectivity index is 5.54. The van der Waals surface area contributed by atoms with Crippen molar-refractivity contribution >= 4 is 18.1 Å². The van der Waals surface area contributed by atoms with Crippen LogP contribution >= 0.6 is 0 Å². The standard InChI is InChI=1S/C16H29FN2O5/c1-14(2,3)23-12(21)16(11(17)20,9-7-8-10-18)19-13(22)24-15(4,5)6/h7-10,18H2,1-6H3,(H,19,22)/t16-/m1/s1. The quantitative estimate of drug-likeness (QED) is 0.316. The Morgan fingerprint density at radius 3 is 1.83 bits per heavy atom. The first-order chi connectivity index (χ1) is 10.7. The molecule has 0 unspecified atom stereocenters.